The smallest absolute Gasteiger partial charge is 0.306 e. The van der Waals surface area contributed by atoms with Crippen LogP contribution in [0.25, 0.3) is 6.08 Å². The van der Waals surface area contributed by atoms with Crippen molar-refractivity contribution in [2.45, 2.75) is 32.8 Å². The van der Waals surface area contributed by atoms with Crippen LogP contribution in [0.2, 0.25) is 5.02 Å². The number of carbonyl (C=O) groups excluding carboxylic acids is 1. The van der Waals surface area contributed by atoms with Gasteiger partial charge in [-0.15, -0.1) is 0 Å². The van der Waals surface area contributed by atoms with Crippen LogP contribution in [0.5, 0.6) is 11.5 Å². The fourth-order valence-corrected chi connectivity index (χ4v) is 3.07. The second-order valence-electron chi connectivity index (χ2n) is 6.47. The highest BCUT2D eigenvalue weighted by molar-refractivity contribution is 6.32. The number of methoxy groups -OCH3 is 1. The molecule has 142 valence electrons. The van der Waals surface area contributed by atoms with Crippen LogP contribution in [-0.4, -0.2) is 48.2 Å². The molecule has 1 amide bonds. The van der Waals surface area contributed by atoms with E-state index in [1.54, 1.807) is 23.1 Å². The van der Waals surface area contributed by atoms with E-state index in [2.05, 4.69) is 0 Å². The number of nitrogens with zero attached hydrogens (tertiary/aromatic N) is 1. The van der Waals surface area contributed by atoms with Gasteiger partial charge >= 0.3 is 5.97 Å². The van der Waals surface area contributed by atoms with Crippen LogP contribution >= 0.6 is 11.6 Å². The number of benzene rings is 1. The molecule has 1 aromatic rings. The van der Waals surface area contributed by atoms with Crippen LogP contribution in [0.3, 0.4) is 0 Å². The van der Waals surface area contributed by atoms with Crippen LogP contribution in [-0.2, 0) is 9.59 Å². The highest BCUT2D eigenvalue weighted by atomic mass is 35.5. The molecule has 26 heavy (non-hydrogen) atoms. The summed E-state index contributed by atoms with van der Waals surface area (Å²) in [6.07, 6.45) is 4.05. The van der Waals surface area contributed by atoms with Crippen LogP contribution < -0.4 is 9.47 Å². The molecule has 6 nitrogen and oxygen atoms in total. The van der Waals surface area contributed by atoms with E-state index in [1.807, 2.05) is 13.8 Å². The normalized spacial score (nSPS) is 15.5. The standard InChI is InChI=1S/C19H24ClNO5/c1-12(2)26-18-15(20)10-13(11-16(18)25-3)4-5-17(22)21-8-6-14(7-9-21)19(23)24/h4-5,10-12,14H,6-9H2,1-3H3,(H,23,24)/b5-4+. The molecule has 0 unspecified atom stereocenters. The number of amides is 1. The summed E-state index contributed by atoms with van der Waals surface area (Å²) < 4.78 is 11.0. The quantitative estimate of drug-likeness (QED) is 0.763. The van der Waals surface area contributed by atoms with Crippen molar-refractivity contribution in [2.24, 2.45) is 5.92 Å². The molecule has 1 fully saturated rings. The maximum atomic E-state index is 12.3. The molecule has 0 aliphatic carbocycles. The minimum atomic E-state index is -0.793. The molecular formula is C19H24ClNO5. The molecule has 1 aliphatic heterocycles. The van der Waals surface area contributed by atoms with E-state index in [9.17, 15) is 9.59 Å². The van der Waals surface area contributed by atoms with E-state index in [-0.39, 0.29) is 17.9 Å². The summed E-state index contributed by atoms with van der Waals surface area (Å²) in [7, 11) is 1.53. The van der Waals surface area contributed by atoms with E-state index >= 15 is 0 Å². The Morgan fingerprint density at radius 3 is 2.50 bits per heavy atom. The lowest BCUT2D eigenvalue weighted by Crippen LogP contribution is -2.39. The Morgan fingerprint density at radius 1 is 1.31 bits per heavy atom. The van der Waals surface area contributed by atoms with Crippen LogP contribution in [0.15, 0.2) is 18.2 Å². The van der Waals surface area contributed by atoms with Gasteiger partial charge in [-0.2, -0.15) is 0 Å². The Kier molecular flexibility index (Phi) is 6.91. The van der Waals surface area contributed by atoms with Crippen LogP contribution in [0.1, 0.15) is 32.3 Å². The van der Waals surface area contributed by atoms with Gasteiger partial charge in [-0.3, -0.25) is 9.59 Å². The van der Waals surface area contributed by atoms with Gasteiger partial charge in [-0.25, -0.2) is 0 Å². The zero-order valence-electron chi connectivity index (χ0n) is 15.2. The molecule has 0 atom stereocenters. The summed E-state index contributed by atoms with van der Waals surface area (Å²) in [5, 5.41) is 9.43. The first kappa shape index (κ1) is 20.1. The van der Waals surface area contributed by atoms with Crippen molar-refractivity contribution in [2.75, 3.05) is 20.2 Å². The predicted molar refractivity (Wildman–Crippen MR) is 99.7 cm³/mol. The molecule has 0 aromatic heterocycles. The third-order valence-corrected chi connectivity index (χ3v) is 4.46. The fraction of sp³-hybridized carbons (Fsp3) is 0.474. The molecular weight excluding hydrogens is 358 g/mol. The first-order chi connectivity index (χ1) is 12.3. The van der Waals surface area contributed by atoms with Gasteiger partial charge in [0.2, 0.25) is 5.91 Å². The first-order valence-corrected chi connectivity index (χ1v) is 8.93. The summed E-state index contributed by atoms with van der Waals surface area (Å²) in [6, 6.07) is 3.46. The highest BCUT2D eigenvalue weighted by Crippen LogP contribution is 2.37. The van der Waals surface area contributed by atoms with Gasteiger partial charge in [-0.05, 0) is 50.5 Å². The lowest BCUT2D eigenvalue weighted by atomic mass is 9.97. The van der Waals surface area contributed by atoms with Gasteiger partial charge in [0.15, 0.2) is 11.5 Å². The topological polar surface area (TPSA) is 76.1 Å². The zero-order chi connectivity index (χ0) is 19.3. The molecule has 1 N–H and O–H groups in total. The number of likely N-dealkylation sites (tertiary alicyclic amines) is 1. The fourth-order valence-electron chi connectivity index (χ4n) is 2.81. The van der Waals surface area contributed by atoms with Gasteiger partial charge in [0, 0.05) is 19.2 Å². The van der Waals surface area contributed by atoms with Crippen molar-refractivity contribution in [3.8, 4) is 11.5 Å². The molecule has 0 saturated carbocycles. The molecule has 1 aliphatic rings. The van der Waals surface area contributed by atoms with Crippen molar-refractivity contribution in [1.29, 1.82) is 0 Å². The van der Waals surface area contributed by atoms with Gasteiger partial charge in [-0.1, -0.05) is 11.6 Å². The minimum Gasteiger partial charge on any atom is -0.493 e. The number of halogens is 1. The average Bonchev–Trinajstić information content (AvgIpc) is 2.61. The van der Waals surface area contributed by atoms with Gasteiger partial charge < -0.3 is 19.5 Å². The van der Waals surface area contributed by atoms with Crippen molar-refractivity contribution >= 4 is 29.6 Å². The Morgan fingerprint density at radius 2 is 1.96 bits per heavy atom. The van der Waals surface area contributed by atoms with Crippen molar-refractivity contribution in [3.05, 3.63) is 28.8 Å². The van der Waals surface area contributed by atoms with Crippen molar-refractivity contribution in [1.82, 2.24) is 4.90 Å². The van der Waals surface area contributed by atoms with Gasteiger partial charge in [0.1, 0.15) is 0 Å². The average molecular weight is 382 g/mol. The molecule has 1 heterocycles. The number of carboxylic acid groups (broad SMARTS) is 1. The number of piperidine rings is 1. The molecule has 1 aromatic carbocycles. The summed E-state index contributed by atoms with van der Waals surface area (Å²) in [5.41, 5.74) is 0.719. The summed E-state index contributed by atoms with van der Waals surface area (Å²) in [6.45, 7) is 4.70. The van der Waals surface area contributed by atoms with Gasteiger partial charge in [0.05, 0.1) is 24.2 Å². The Hall–Kier alpha value is -2.21. The number of carbonyl (C=O) groups is 2. The molecule has 0 spiro atoms. The third-order valence-electron chi connectivity index (χ3n) is 4.18. The van der Waals surface area contributed by atoms with Gasteiger partial charge in [0.25, 0.3) is 0 Å². The second kappa shape index (κ2) is 8.94. The largest absolute Gasteiger partial charge is 0.493 e. The van der Waals surface area contributed by atoms with Crippen molar-refractivity contribution < 1.29 is 24.2 Å². The third kappa shape index (κ3) is 5.14. The first-order valence-electron chi connectivity index (χ1n) is 8.55. The van der Waals surface area contributed by atoms with Crippen LogP contribution in [0, 0.1) is 5.92 Å². The summed E-state index contributed by atoms with van der Waals surface area (Å²) in [5.74, 6) is -0.326. The van der Waals surface area contributed by atoms with E-state index in [1.165, 1.54) is 13.2 Å². The lowest BCUT2D eigenvalue weighted by molar-refractivity contribution is -0.144. The molecule has 2 rings (SSSR count). The monoisotopic (exact) mass is 381 g/mol. The maximum Gasteiger partial charge on any atom is 0.306 e. The summed E-state index contributed by atoms with van der Waals surface area (Å²) >= 11 is 6.28. The van der Waals surface area contributed by atoms with E-state index < -0.39 is 5.97 Å². The second-order valence-corrected chi connectivity index (χ2v) is 6.88. The Balaban J connectivity index is 2.07. The number of carboxylic acids is 1. The van der Waals surface area contributed by atoms with Crippen LogP contribution in [0.4, 0.5) is 0 Å². The number of hydrogen-bond donors (Lipinski definition) is 1. The highest BCUT2D eigenvalue weighted by Gasteiger charge is 2.26. The van der Waals surface area contributed by atoms with E-state index in [4.69, 9.17) is 26.2 Å². The Bertz CT molecular complexity index is 693. The maximum absolute atomic E-state index is 12.3. The molecule has 7 heteroatoms. The summed E-state index contributed by atoms with van der Waals surface area (Å²) in [4.78, 5) is 24.9. The molecule has 0 bridgehead atoms. The molecule has 0 radical (unpaired) electrons. The van der Waals surface area contributed by atoms with Crippen molar-refractivity contribution in [3.63, 3.8) is 0 Å². The number of aliphatic carboxylic acids is 1. The number of hydrogen-bond acceptors (Lipinski definition) is 4. The minimum absolute atomic E-state index is 0.0434. The van der Waals surface area contributed by atoms with E-state index in [0.29, 0.717) is 42.5 Å². The number of ether oxygens (including phenoxy) is 2. The zero-order valence-corrected chi connectivity index (χ0v) is 16.0. The lowest BCUT2D eigenvalue weighted by Gasteiger charge is -2.29. The molecule has 1 saturated heterocycles. The predicted octanol–water partition coefficient (Wildman–Crippen LogP) is 3.47. The number of rotatable bonds is 6. The SMILES string of the molecule is COc1cc(/C=C/C(=O)N2CCC(C(=O)O)CC2)cc(Cl)c1OC(C)C. The van der Waals surface area contributed by atoms with E-state index in [0.717, 1.165) is 5.56 Å². The Labute approximate surface area is 158 Å².